The largest absolute Gasteiger partial charge is 0.393 e. The van der Waals surface area contributed by atoms with Crippen molar-refractivity contribution in [2.75, 3.05) is 51.5 Å². The van der Waals surface area contributed by atoms with Gasteiger partial charge in [-0.25, -0.2) is 4.39 Å². The summed E-state index contributed by atoms with van der Waals surface area (Å²) in [6.45, 7) is 4.00. The van der Waals surface area contributed by atoms with Crippen LogP contribution in [0.1, 0.15) is 59.9 Å². The lowest BCUT2D eigenvalue weighted by Crippen LogP contribution is -2.48. The Labute approximate surface area is 280 Å². The van der Waals surface area contributed by atoms with Gasteiger partial charge in [0.2, 0.25) is 0 Å². The zero-order chi connectivity index (χ0) is 34.3. The first-order chi connectivity index (χ1) is 23.0. The van der Waals surface area contributed by atoms with Gasteiger partial charge in [0, 0.05) is 76.6 Å². The number of benzene rings is 2. The Bertz CT molecular complexity index is 1790. The number of para-hydroxylation sites is 1. The van der Waals surface area contributed by atoms with E-state index in [-0.39, 0.29) is 41.2 Å². The lowest BCUT2D eigenvalue weighted by Gasteiger charge is -2.43. The molecule has 1 aliphatic carbocycles. The molecule has 6 rings (SSSR count). The minimum atomic E-state index is -0.461. The van der Waals surface area contributed by atoms with Crippen LogP contribution in [-0.4, -0.2) is 78.7 Å². The van der Waals surface area contributed by atoms with E-state index in [9.17, 15) is 9.59 Å². The molecule has 2 fully saturated rings. The predicted molar refractivity (Wildman–Crippen MR) is 185 cm³/mol. The highest BCUT2D eigenvalue weighted by Crippen LogP contribution is 2.49. The topological polar surface area (TPSA) is 150 Å². The number of carbonyl (C=O) groups is 2. The van der Waals surface area contributed by atoms with E-state index in [2.05, 4.69) is 50.5 Å². The van der Waals surface area contributed by atoms with Crippen molar-refractivity contribution in [3.8, 4) is 11.1 Å². The van der Waals surface area contributed by atoms with Crippen LogP contribution in [0, 0.1) is 5.82 Å². The van der Waals surface area contributed by atoms with Gasteiger partial charge < -0.3 is 37.2 Å². The number of allylic oxidation sites excluding steroid dienone is 1. The van der Waals surface area contributed by atoms with E-state index < -0.39 is 5.82 Å². The van der Waals surface area contributed by atoms with Crippen LogP contribution >= 0.6 is 0 Å². The van der Waals surface area contributed by atoms with Crippen molar-refractivity contribution >= 4 is 23.2 Å². The van der Waals surface area contributed by atoms with E-state index >= 15 is 4.39 Å². The molecule has 3 aromatic rings. The molecule has 0 radical (unpaired) electrons. The van der Waals surface area contributed by atoms with Gasteiger partial charge in [0.15, 0.2) is 0 Å². The van der Waals surface area contributed by atoms with E-state index in [1.165, 1.54) is 11.0 Å². The average Bonchev–Trinajstić information content (AvgIpc) is 3.77. The molecule has 2 aliphatic heterocycles. The minimum Gasteiger partial charge on any atom is -0.393 e. The number of rotatable bonds is 11. The monoisotopic (exact) mass is 656 g/mol. The second kappa shape index (κ2) is 13.2. The maximum absolute atomic E-state index is 15.3. The molecule has 3 aliphatic rings. The standard InChI is InChI=1S/C35H45FN10O2/c1-6-28-33-25(16-40-46(33)22-18-45(19-22)17-20-9-7-11-24(30(20)36)35(48)43(3)4)23-10-8-12-26(32(23)44(28)5)42-27(15-29(37)39-2)31(38)34(47)41-21-13-14-21/h7-12,15-16,21-22,28,39,42H,6,13-14,17-19,37-38H2,1-5H3,(H,41,47)/b29-15+,31-27+. The van der Waals surface area contributed by atoms with Crippen molar-refractivity contribution in [1.82, 2.24) is 30.2 Å². The molecule has 12 nitrogen and oxygen atoms in total. The van der Waals surface area contributed by atoms with Crippen molar-refractivity contribution in [3.05, 3.63) is 88.5 Å². The summed E-state index contributed by atoms with van der Waals surface area (Å²) < 4.78 is 17.4. The van der Waals surface area contributed by atoms with Gasteiger partial charge >= 0.3 is 0 Å². The van der Waals surface area contributed by atoms with Gasteiger partial charge in [0.05, 0.1) is 52.4 Å². The summed E-state index contributed by atoms with van der Waals surface area (Å²) >= 11 is 0. The van der Waals surface area contributed by atoms with E-state index in [1.807, 2.05) is 18.3 Å². The minimum absolute atomic E-state index is 0.0269. The molecule has 1 aromatic heterocycles. The highest BCUT2D eigenvalue weighted by atomic mass is 19.1. The smallest absolute Gasteiger partial charge is 0.269 e. The average molecular weight is 657 g/mol. The number of amides is 2. The molecule has 2 aromatic carbocycles. The van der Waals surface area contributed by atoms with E-state index in [0.29, 0.717) is 36.7 Å². The first-order valence-corrected chi connectivity index (χ1v) is 16.4. The summed E-state index contributed by atoms with van der Waals surface area (Å²) in [5.74, 6) is -0.779. The molecular formula is C35H45FN10O2. The Kier molecular flexibility index (Phi) is 9.06. The fourth-order valence-corrected chi connectivity index (χ4v) is 6.59. The Morgan fingerprint density at radius 1 is 1.10 bits per heavy atom. The maximum atomic E-state index is 15.3. The number of fused-ring (bicyclic) bond motifs is 3. The molecule has 254 valence electrons. The van der Waals surface area contributed by atoms with Crippen molar-refractivity contribution in [2.45, 2.75) is 50.9 Å². The SMILES string of the molecule is CCC1c2c(cnn2C2CN(Cc3cccc(C(=O)N(C)C)c3F)C2)-c2cccc(NC(/C=C(\N)NC)=C(/N)C(=O)NC3CC3)c2N1C. The van der Waals surface area contributed by atoms with Gasteiger partial charge in [-0.15, -0.1) is 0 Å². The molecule has 7 N–H and O–H groups in total. The summed E-state index contributed by atoms with van der Waals surface area (Å²) in [6, 6.07) is 11.3. The van der Waals surface area contributed by atoms with Gasteiger partial charge in [-0.3, -0.25) is 19.2 Å². The number of nitrogens with two attached hydrogens (primary N) is 2. The van der Waals surface area contributed by atoms with Crippen LogP contribution in [0.4, 0.5) is 15.8 Å². The van der Waals surface area contributed by atoms with Crippen molar-refractivity contribution < 1.29 is 14.0 Å². The molecule has 1 saturated carbocycles. The number of aromatic nitrogens is 2. The quantitative estimate of drug-likeness (QED) is 0.155. The number of anilines is 2. The zero-order valence-corrected chi connectivity index (χ0v) is 28.2. The van der Waals surface area contributed by atoms with Crippen LogP contribution in [0.2, 0.25) is 0 Å². The molecule has 0 bridgehead atoms. The number of nitrogens with zero attached hydrogens (tertiary/aromatic N) is 5. The first kappa shape index (κ1) is 32.9. The molecule has 1 atom stereocenters. The number of hydrogen-bond donors (Lipinski definition) is 5. The van der Waals surface area contributed by atoms with Gasteiger partial charge in [-0.05, 0) is 31.4 Å². The Morgan fingerprint density at radius 2 is 1.83 bits per heavy atom. The van der Waals surface area contributed by atoms with Crippen molar-refractivity contribution in [2.24, 2.45) is 11.5 Å². The van der Waals surface area contributed by atoms with Gasteiger partial charge in [0.1, 0.15) is 11.5 Å². The summed E-state index contributed by atoms with van der Waals surface area (Å²) in [5, 5.41) is 14.2. The van der Waals surface area contributed by atoms with Gasteiger partial charge in [-0.2, -0.15) is 5.10 Å². The summed E-state index contributed by atoms with van der Waals surface area (Å²) in [6.07, 6.45) is 6.30. The van der Waals surface area contributed by atoms with E-state index in [1.54, 1.807) is 39.4 Å². The molecule has 2 amide bonds. The summed E-state index contributed by atoms with van der Waals surface area (Å²) in [4.78, 5) is 31.2. The van der Waals surface area contributed by atoms with E-state index in [4.69, 9.17) is 16.6 Å². The fraction of sp³-hybridized carbons (Fsp3) is 0.400. The number of likely N-dealkylation sites (tertiary alicyclic amines) is 1. The third-order valence-corrected chi connectivity index (χ3v) is 9.38. The lowest BCUT2D eigenvalue weighted by atomic mass is 9.91. The lowest BCUT2D eigenvalue weighted by molar-refractivity contribution is -0.117. The molecular weight excluding hydrogens is 611 g/mol. The highest BCUT2D eigenvalue weighted by molar-refractivity contribution is 5.97. The molecule has 13 heteroatoms. The predicted octanol–water partition coefficient (Wildman–Crippen LogP) is 3.23. The van der Waals surface area contributed by atoms with Crippen molar-refractivity contribution in [3.63, 3.8) is 0 Å². The normalized spacial score (nSPS) is 18.3. The summed E-state index contributed by atoms with van der Waals surface area (Å²) in [5.41, 5.74) is 18.5. The molecule has 1 saturated heterocycles. The number of nitrogens with one attached hydrogen (secondary N) is 3. The third kappa shape index (κ3) is 6.17. The van der Waals surface area contributed by atoms with Crippen LogP contribution in [0.5, 0.6) is 0 Å². The Hall–Kier alpha value is -5.04. The summed E-state index contributed by atoms with van der Waals surface area (Å²) in [7, 11) is 7.02. The second-order valence-corrected chi connectivity index (χ2v) is 13.0. The molecule has 3 heterocycles. The third-order valence-electron chi connectivity index (χ3n) is 9.38. The molecule has 48 heavy (non-hydrogen) atoms. The Morgan fingerprint density at radius 3 is 2.50 bits per heavy atom. The number of carbonyl (C=O) groups excluding carboxylic acids is 2. The van der Waals surface area contributed by atoms with Crippen LogP contribution in [-0.2, 0) is 11.3 Å². The fourth-order valence-electron chi connectivity index (χ4n) is 6.59. The van der Waals surface area contributed by atoms with Crippen LogP contribution in [0.25, 0.3) is 11.1 Å². The van der Waals surface area contributed by atoms with Gasteiger partial charge in [-0.1, -0.05) is 31.2 Å². The Balaban J connectivity index is 1.26. The maximum Gasteiger partial charge on any atom is 0.269 e. The van der Waals surface area contributed by atoms with Crippen LogP contribution < -0.4 is 32.3 Å². The number of halogens is 1. The molecule has 0 spiro atoms. The van der Waals surface area contributed by atoms with E-state index in [0.717, 1.165) is 47.5 Å². The van der Waals surface area contributed by atoms with Gasteiger partial charge in [0.25, 0.3) is 11.8 Å². The van der Waals surface area contributed by atoms with Crippen LogP contribution in [0.15, 0.2) is 65.9 Å². The second-order valence-electron chi connectivity index (χ2n) is 13.0. The number of hydrogen-bond acceptors (Lipinski definition) is 9. The highest BCUT2D eigenvalue weighted by Gasteiger charge is 2.38. The van der Waals surface area contributed by atoms with Crippen molar-refractivity contribution in [1.29, 1.82) is 0 Å². The first-order valence-electron chi connectivity index (χ1n) is 16.4. The van der Waals surface area contributed by atoms with Crippen LogP contribution in [0.3, 0.4) is 0 Å². The molecule has 1 unspecified atom stereocenters. The zero-order valence-electron chi connectivity index (χ0n) is 28.2.